The van der Waals surface area contributed by atoms with Gasteiger partial charge in [-0.25, -0.2) is 8.42 Å². The third-order valence-electron chi connectivity index (χ3n) is 5.87. The maximum absolute atomic E-state index is 14.0. The maximum atomic E-state index is 14.0. The topological polar surface area (TPSA) is 86.8 Å². The van der Waals surface area contributed by atoms with Crippen molar-refractivity contribution in [3.63, 3.8) is 0 Å². The predicted octanol–water partition coefficient (Wildman–Crippen LogP) is 6.44. The molecule has 0 aliphatic heterocycles. The van der Waals surface area contributed by atoms with Crippen LogP contribution in [0, 0.1) is 0 Å². The van der Waals surface area contributed by atoms with Gasteiger partial charge in [0.05, 0.1) is 10.6 Å². The molecule has 0 spiro atoms. The third-order valence-corrected chi connectivity index (χ3v) is 8.81. The van der Waals surface area contributed by atoms with E-state index in [4.69, 9.17) is 46.4 Å². The zero-order valence-electron chi connectivity index (χ0n) is 21.2. The van der Waals surface area contributed by atoms with E-state index in [9.17, 15) is 18.0 Å². The molecule has 2 amide bonds. The van der Waals surface area contributed by atoms with Crippen molar-refractivity contribution < 1.29 is 18.0 Å². The molecule has 208 valence electrons. The minimum Gasteiger partial charge on any atom is -0.355 e. The Balaban J connectivity index is 2.12. The van der Waals surface area contributed by atoms with Crippen molar-refractivity contribution in [2.75, 3.05) is 17.4 Å². The molecular weight excluding hydrogens is 604 g/mol. The van der Waals surface area contributed by atoms with E-state index in [1.54, 1.807) is 50.2 Å². The van der Waals surface area contributed by atoms with Crippen LogP contribution in [-0.2, 0) is 26.2 Å². The van der Waals surface area contributed by atoms with Crippen molar-refractivity contribution in [1.82, 2.24) is 10.2 Å². The second-order valence-electron chi connectivity index (χ2n) is 8.49. The molecule has 0 aliphatic carbocycles. The number of carbonyl (C=O) groups excluding carboxylic acids is 2. The van der Waals surface area contributed by atoms with Crippen LogP contribution in [0.3, 0.4) is 0 Å². The fourth-order valence-electron chi connectivity index (χ4n) is 4.00. The number of amides is 2. The molecule has 1 N–H and O–H groups in total. The molecule has 0 radical (unpaired) electrons. The number of anilines is 1. The Bertz CT molecular complexity index is 1400. The minimum absolute atomic E-state index is 0.0367. The summed E-state index contributed by atoms with van der Waals surface area (Å²) in [5.41, 5.74) is 0.520. The first-order valence-corrected chi connectivity index (χ1v) is 15.0. The van der Waals surface area contributed by atoms with Gasteiger partial charge < -0.3 is 10.2 Å². The van der Waals surface area contributed by atoms with E-state index in [2.05, 4.69) is 5.32 Å². The Hall–Kier alpha value is -2.49. The monoisotopic (exact) mass is 629 g/mol. The van der Waals surface area contributed by atoms with Crippen molar-refractivity contribution >= 4 is 73.9 Å². The highest BCUT2D eigenvalue weighted by Gasteiger charge is 2.34. The summed E-state index contributed by atoms with van der Waals surface area (Å²) in [6.07, 6.45) is 0.258. The average Bonchev–Trinajstić information content (AvgIpc) is 2.88. The molecule has 7 nitrogen and oxygen atoms in total. The summed E-state index contributed by atoms with van der Waals surface area (Å²) in [6.45, 7) is 3.09. The average molecular weight is 631 g/mol. The molecule has 1 atom stereocenters. The summed E-state index contributed by atoms with van der Waals surface area (Å²) in [5.74, 6) is -1.04. The molecule has 0 saturated carbocycles. The van der Waals surface area contributed by atoms with Crippen LogP contribution in [0.4, 0.5) is 5.69 Å². The lowest BCUT2D eigenvalue weighted by atomic mass is 10.1. The third kappa shape index (κ3) is 7.58. The highest BCUT2D eigenvalue weighted by molar-refractivity contribution is 7.92. The van der Waals surface area contributed by atoms with Gasteiger partial charge in [-0.15, -0.1) is 0 Å². The number of carbonyl (C=O) groups is 2. The van der Waals surface area contributed by atoms with E-state index in [0.29, 0.717) is 22.2 Å². The van der Waals surface area contributed by atoms with E-state index < -0.39 is 28.5 Å². The largest absolute Gasteiger partial charge is 0.355 e. The molecule has 0 saturated heterocycles. The van der Waals surface area contributed by atoms with Crippen molar-refractivity contribution in [3.8, 4) is 0 Å². The van der Waals surface area contributed by atoms with Gasteiger partial charge in [0.2, 0.25) is 11.8 Å². The van der Waals surface area contributed by atoms with Gasteiger partial charge >= 0.3 is 0 Å². The van der Waals surface area contributed by atoms with Gasteiger partial charge in [0, 0.05) is 38.7 Å². The standard InChI is InChI=1S/C27H27Cl4N3O4S/c1-3-25(27(36)32-4-2)33(16-22-23(30)11-8-12-24(22)31)26(35)17-34(20-14-18(28)13-19(29)15-20)39(37,38)21-9-6-5-7-10-21/h5-15,25H,3-4,16-17H2,1-2H3,(H,32,36)/t25-/m0/s1. The smallest absolute Gasteiger partial charge is 0.264 e. The number of benzene rings is 3. The first kappa shape index (κ1) is 31.0. The first-order chi connectivity index (χ1) is 18.5. The fraction of sp³-hybridized carbons (Fsp3) is 0.259. The van der Waals surface area contributed by atoms with Gasteiger partial charge in [-0.3, -0.25) is 13.9 Å². The number of sulfonamides is 1. The van der Waals surface area contributed by atoms with E-state index in [1.165, 1.54) is 35.2 Å². The fourth-order valence-corrected chi connectivity index (χ4v) is 6.45. The van der Waals surface area contributed by atoms with Crippen LogP contribution in [0.5, 0.6) is 0 Å². The highest BCUT2D eigenvalue weighted by atomic mass is 35.5. The quantitative estimate of drug-likeness (QED) is 0.264. The summed E-state index contributed by atoms with van der Waals surface area (Å²) in [6, 6.07) is 15.9. The SMILES string of the molecule is CCNC(=O)[C@H](CC)N(Cc1c(Cl)cccc1Cl)C(=O)CN(c1cc(Cl)cc(Cl)c1)S(=O)(=O)c1ccccc1. The van der Waals surface area contributed by atoms with Crippen LogP contribution in [0.2, 0.25) is 20.1 Å². The van der Waals surface area contributed by atoms with E-state index >= 15 is 0 Å². The highest BCUT2D eigenvalue weighted by Crippen LogP contribution is 2.31. The van der Waals surface area contributed by atoms with Crippen LogP contribution in [0.25, 0.3) is 0 Å². The lowest BCUT2D eigenvalue weighted by Crippen LogP contribution is -2.52. The molecule has 39 heavy (non-hydrogen) atoms. The van der Waals surface area contributed by atoms with Gasteiger partial charge in [0.15, 0.2) is 0 Å². The van der Waals surface area contributed by atoms with Crippen molar-refractivity contribution in [2.24, 2.45) is 0 Å². The normalized spacial score (nSPS) is 12.1. The molecule has 0 aromatic heterocycles. The molecule has 0 bridgehead atoms. The summed E-state index contributed by atoms with van der Waals surface area (Å²) in [7, 11) is -4.25. The van der Waals surface area contributed by atoms with Crippen LogP contribution in [-0.4, -0.2) is 44.3 Å². The second-order valence-corrected chi connectivity index (χ2v) is 12.0. The van der Waals surface area contributed by atoms with Gasteiger partial charge in [-0.05, 0) is 55.8 Å². The first-order valence-electron chi connectivity index (χ1n) is 12.0. The van der Waals surface area contributed by atoms with E-state index in [-0.39, 0.29) is 39.5 Å². The second kappa shape index (κ2) is 13.7. The van der Waals surface area contributed by atoms with Gasteiger partial charge in [-0.1, -0.05) is 77.6 Å². The van der Waals surface area contributed by atoms with Crippen LogP contribution in [0.1, 0.15) is 25.8 Å². The van der Waals surface area contributed by atoms with Gasteiger partial charge in [0.1, 0.15) is 12.6 Å². The summed E-state index contributed by atoms with van der Waals surface area (Å²) >= 11 is 25.2. The Kier molecular flexibility index (Phi) is 10.9. The molecular formula is C27H27Cl4N3O4S. The van der Waals surface area contributed by atoms with E-state index in [0.717, 1.165) is 4.31 Å². The minimum atomic E-state index is -4.25. The molecule has 3 aromatic rings. The van der Waals surface area contributed by atoms with Crippen molar-refractivity contribution in [2.45, 2.75) is 37.8 Å². The molecule has 0 unspecified atom stereocenters. The molecule has 3 aromatic carbocycles. The lowest BCUT2D eigenvalue weighted by Gasteiger charge is -2.33. The molecule has 0 heterocycles. The van der Waals surface area contributed by atoms with Gasteiger partial charge in [-0.2, -0.15) is 0 Å². The van der Waals surface area contributed by atoms with E-state index in [1.807, 2.05) is 0 Å². The number of nitrogens with one attached hydrogen (secondary N) is 1. The zero-order valence-corrected chi connectivity index (χ0v) is 25.0. The summed E-state index contributed by atoms with van der Waals surface area (Å²) in [5, 5.41) is 3.72. The number of hydrogen-bond donors (Lipinski definition) is 1. The van der Waals surface area contributed by atoms with Crippen molar-refractivity contribution in [3.05, 3.63) is 92.4 Å². The molecule has 3 rings (SSSR count). The Labute approximate surface area is 248 Å². The van der Waals surface area contributed by atoms with Crippen molar-refractivity contribution in [1.29, 1.82) is 0 Å². The number of hydrogen-bond acceptors (Lipinski definition) is 4. The van der Waals surface area contributed by atoms with Crippen LogP contribution < -0.4 is 9.62 Å². The molecule has 0 aliphatic rings. The number of rotatable bonds is 11. The summed E-state index contributed by atoms with van der Waals surface area (Å²) < 4.78 is 28.5. The number of likely N-dealkylation sites (N-methyl/N-ethyl adjacent to an activating group) is 1. The Morgan fingerprint density at radius 2 is 1.46 bits per heavy atom. The Morgan fingerprint density at radius 3 is 2.00 bits per heavy atom. The Morgan fingerprint density at radius 1 is 0.872 bits per heavy atom. The lowest BCUT2D eigenvalue weighted by molar-refractivity contribution is -0.140. The van der Waals surface area contributed by atoms with Gasteiger partial charge in [0.25, 0.3) is 10.0 Å². The molecule has 12 heteroatoms. The number of halogens is 4. The number of nitrogens with zero attached hydrogens (tertiary/aromatic N) is 2. The van der Waals surface area contributed by atoms with Crippen LogP contribution >= 0.6 is 46.4 Å². The zero-order chi connectivity index (χ0) is 28.7. The van der Waals surface area contributed by atoms with Crippen LogP contribution in [0.15, 0.2) is 71.6 Å². The molecule has 0 fully saturated rings. The predicted molar refractivity (Wildman–Crippen MR) is 157 cm³/mol. The maximum Gasteiger partial charge on any atom is 0.264 e. The summed E-state index contributed by atoms with van der Waals surface area (Å²) in [4.78, 5) is 28.3.